The molecule has 148 valence electrons. The number of nitrogens with one attached hydrogen (secondary N) is 2. The van der Waals surface area contributed by atoms with Crippen molar-refractivity contribution in [3.05, 3.63) is 47.3 Å². The third-order valence-electron chi connectivity index (χ3n) is 4.50. The Labute approximate surface area is 170 Å². The van der Waals surface area contributed by atoms with Crippen LogP contribution in [0.5, 0.6) is 0 Å². The van der Waals surface area contributed by atoms with Gasteiger partial charge in [0.05, 0.1) is 6.42 Å². The lowest BCUT2D eigenvalue weighted by atomic mass is 10.0. The Kier molecular flexibility index (Phi) is 7.67. The van der Waals surface area contributed by atoms with Crippen molar-refractivity contribution in [2.75, 3.05) is 24.9 Å². The Balaban J connectivity index is 0.00000261. The Bertz CT molecular complexity index is 839. The molecule has 0 bridgehead atoms. The van der Waals surface area contributed by atoms with E-state index in [1.54, 1.807) is 41.8 Å². The van der Waals surface area contributed by atoms with Gasteiger partial charge in [-0.05, 0) is 49.0 Å². The zero-order valence-electron chi connectivity index (χ0n) is 15.1. The van der Waals surface area contributed by atoms with E-state index in [-0.39, 0.29) is 22.5 Å². The molecule has 27 heavy (non-hydrogen) atoms. The number of likely N-dealkylation sites (tertiary alicyclic amines) is 1. The minimum absolute atomic E-state index is 0. The molecule has 3 rings (SSSR count). The highest BCUT2D eigenvalue weighted by molar-refractivity contribution is 7.94. The summed E-state index contributed by atoms with van der Waals surface area (Å²) in [5, 5.41) is 4.96. The van der Waals surface area contributed by atoms with Crippen LogP contribution in [0.4, 0.5) is 5.69 Å². The summed E-state index contributed by atoms with van der Waals surface area (Å²) in [7, 11) is -1.62. The van der Waals surface area contributed by atoms with Crippen LogP contribution in [0.2, 0.25) is 0 Å². The summed E-state index contributed by atoms with van der Waals surface area (Å²) in [5.74, 6) is 0.108. The second-order valence-electron chi connectivity index (χ2n) is 6.38. The third kappa shape index (κ3) is 5.68. The van der Waals surface area contributed by atoms with Crippen LogP contribution in [-0.4, -0.2) is 45.4 Å². The van der Waals surface area contributed by atoms with Crippen LogP contribution in [0.3, 0.4) is 0 Å². The molecular weight excluding hydrogens is 406 g/mol. The minimum Gasteiger partial charge on any atom is -0.341 e. The number of hydrogen-bond acceptors (Lipinski definition) is 5. The highest BCUT2D eigenvalue weighted by Gasteiger charge is 2.22. The fraction of sp³-hybridized carbons (Fsp3) is 0.389. The molecule has 1 aliphatic rings. The van der Waals surface area contributed by atoms with E-state index in [0.29, 0.717) is 18.2 Å². The molecule has 0 spiro atoms. The molecular formula is C18H24ClN3O3S2. The second-order valence-corrected chi connectivity index (χ2v) is 9.24. The van der Waals surface area contributed by atoms with Crippen LogP contribution in [0.15, 0.2) is 46.0 Å². The largest absolute Gasteiger partial charge is 0.341 e. The molecule has 1 amide bonds. The second kappa shape index (κ2) is 9.54. The highest BCUT2D eigenvalue weighted by Crippen LogP contribution is 2.21. The van der Waals surface area contributed by atoms with Crippen LogP contribution in [0, 0.1) is 0 Å². The van der Waals surface area contributed by atoms with E-state index in [4.69, 9.17) is 0 Å². The number of carbonyl (C=O) groups excluding carboxylic acids is 1. The Morgan fingerprint density at radius 3 is 2.63 bits per heavy atom. The molecule has 1 aromatic carbocycles. The first-order valence-corrected chi connectivity index (χ1v) is 10.9. The lowest BCUT2D eigenvalue weighted by Gasteiger charge is -2.32. The number of benzene rings is 1. The molecule has 2 heterocycles. The zero-order valence-corrected chi connectivity index (χ0v) is 17.5. The topological polar surface area (TPSA) is 78.5 Å². The number of piperidine rings is 1. The molecule has 2 aromatic rings. The van der Waals surface area contributed by atoms with Gasteiger partial charge in [0.2, 0.25) is 5.91 Å². The molecule has 2 N–H and O–H groups in total. The van der Waals surface area contributed by atoms with Gasteiger partial charge in [-0.2, -0.15) is 0 Å². The molecule has 6 nitrogen and oxygen atoms in total. The van der Waals surface area contributed by atoms with Crippen molar-refractivity contribution in [1.29, 1.82) is 0 Å². The van der Waals surface area contributed by atoms with Crippen molar-refractivity contribution in [2.24, 2.45) is 0 Å². The average Bonchev–Trinajstić information content (AvgIpc) is 3.19. The lowest BCUT2D eigenvalue weighted by molar-refractivity contribution is -0.131. The van der Waals surface area contributed by atoms with Gasteiger partial charge in [-0.1, -0.05) is 18.2 Å². The summed E-state index contributed by atoms with van der Waals surface area (Å²) < 4.78 is 27.3. The first kappa shape index (κ1) is 21.7. The van der Waals surface area contributed by atoms with Crippen molar-refractivity contribution < 1.29 is 13.2 Å². The van der Waals surface area contributed by atoms with Gasteiger partial charge in [0.1, 0.15) is 4.21 Å². The van der Waals surface area contributed by atoms with Gasteiger partial charge in [-0.3, -0.25) is 9.52 Å². The third-order valence-corrected chi connectivity index (χ3v) is 7.28. The molecule has 0 aliphatic carbocycles. The number of halogens is 1. The van der Waals surface area contributed by atoms with Gasteiger partial charge in [0, 0.05) is 24.8 Å². The van der Waals surface area contributed by atoms with Crippen LogP contribution < -0.4 is 10.0 Å². The number of rotatable bonds is 6. The van der Waals surface area contributed by atoms with Gasteiger partial charge in [0.15, 0.2) is 0 Å². The van der Waals surface area contributed by atoms with E-state index >= 15 is 0 Å². The lowest BCUT2D eigenvalue weighted by Crippen LogP contribution is -2.47. The number of anilines is 1. The average molecular weight is 430 g/mol. The number of thiophene rings is 1. The maximum atomic E-state index is 12.5. The fourth-order valence-corrected chi connectivity index (χ4v) is 5.09. The first-order chi connectivity index (χ1) is 12.5. The first-order valence-electron chi connectivity index (χ1n) is 8.58. The normalized spacial score (nSPS) is 17.2. The van der Waals surface area contributed by atoms with Crippen LogP contribution in [0.1, 0.15) is 18.4 Å². The van der Waals surface area contributed by atoms with E-state index < -0.39 is 10.0 Å². The van der Waals surface area contributed by atoms with Gasteiger partial charge in [0.25, 0.3) is 10.0 Å². The fourth-order valence-electron chi connectivity index (χ4n) is 3.04. The molecule has 1 atom stereocenters. The van der Waals surface area contributed by atoms with Crippen molar-refractivity contribution in [3.63, 3.8) is 0 Å². The molecule has 1 unspecified atom stereocenters. The molecule has 1 aromatic heterocycles. The number of amides is 1. The van der Waals surface area contributed by atoms with Crippen molar-refractivity contribution in [2.45, 2.75) is 29.5 Å². The van der Waals surface area contributed by atoms with Gasteiger partial charge in [-0.25, -0.2) is 8.42 Å². The number of nitrogens with zero attached hydrogens (tertiary/aromatic N) is 1. The summed E-state index contributed by atoms with van der Waals surface area (Å²) in [5.41, 5.74) is 1.36. The quantitative estimate of drug-likeness (QED) is 0.740. The SMILES string of the molecule is CNC1CCCN(C(=O)Cc2ccc(NS(=O)(=O)c3cccs3)cc2)C1.Cl. The van der Waals surface area contributed by atoms with E-state index in [1.807, 2.05) is 11.9 Å². The van der Waals surface area contributed by atoms with Crippen molar-refractivity contribution >= 4 is 45.4 Å². The molecule has 0 radical (unpaired) electrons. The minimum atomic E-state index is -3.55. The van der Waals surface area contributed by atoms with E-state index in [2.05, 4.69) is 10.0 Å². The summed E-state index contributed by atoms with van der Waals surface area (Å²) in [6, 6.07) is 10.6. The maximum absolute atomic E-state index is 12.5. The Morgan fingerprint density at radius 1 is 1.26 bits per heavy atom. The monoisotopic (exact) mass is 429 g/mol. The zero-order chi connectivity index (χ0) is 18.6. The molecule has 1 aliphatic heterocycles. The van der Waals surface area contributed by atoms with E-state index in [1.165, 1.54) is 11.3 Å². The predicted octanol–water partition coefficient (Wildman–Crippen LogP) is 2.72. The highest BCUT2D eigenvalue weighted by atomic mass is 35.5. The number of hydrogen-bond donors (Lipinski definition) is 2. The van der Waals surface area contributed by atoms with E-state index in [0.717, 1.165) is 31.5 Å². The molecule has 9 heteroatoms. The van der Waals surface area contributed by atoms with Crippen molar-refractivity contribution in [1.82, 2.24) is 10.2 Å². The van der Waals surface area contributed by atoms with Crippen LogP contribution in [-0.2, 0) is 21.2 Å². The maximum Gasteiger partial charge on any atom is 0.271 e. The number of carbonyl (C=O) groups is 1. The summed E-state index contributed by atoms with van der Waals surface area (Å²) in [6.07, 6.45) is 2.44. The Hall–Kier alpha value is -1.61. The summed E-state index contributed by atoms with van der Waals surface area (Å²) in [4.78, 5) is 14.4. The van der Waals surface area contributed by atoms with Gasteiger partial charge < -0.3 is 10.2 Å². The van der Waals surface area contributed by atoms with Gasteiger partial charge >= 0.3 is 0 Å². The van der Waals surface area contributed by atoms with Crippen LogP contribution in [0.25, 0.3) is 0 Å². The smallest absolute Gasteiger partial charge is 0.271 e. The summed E-state index contributed by atoms with van der Waals surface area (Å²) in [6.45, 7) is 1.55. The van der Waals surface area contributed by atoms with Crippen molar-refractivity contribution in [3.8, 4) is 0 Å². The molecule has 1 saturated heterocycles. The standard InChI is InChI=1S/C18H23N3O3S2.ClH/c1-19-16-4-2-10-21(13-16)17(22)12-14-6-8-15(9-7-14)20-26(23,24)18-5-3-11-25-18;/h3,5-9,11,16,19-20H,2,4,10,12-13H2,1H3;1H. The summed E-state index contributed by atoms with van der Waals surface area (Å²) >= 11 is 1.17. The van der Waals surface area contributed by atoms with Gasteiger partial charge in [-0.15, -0.1) is 23.7 Å². The Morgan fingerprint density at radius 2 is 2.00 bits per heavy atom. The van der Waals surface area contributed by atoms with Crippen LogP contribution >= 0.6 is 23.7 Å². The van der Waals surface area contributed by atoms with E-state index in [9.17, 15) is 13.2 Å². The molecule has 0 saturated carbocycles. The number of sulfonamides is 1. The predicted molar refractivity (Wildman–Crippen MR) is 111 cm³/mol. The number of likely N-dealkylation sites (N-methyl/N-ethyl adjacent to an activating group) is 1. The molecule has 1 fully saturated rings.